The highest BCUT2D eigenvalue weighted by atomic mass is 35.5. The maximum atomic E-state index is 12.5. The first-order valence-electron chi connectivity index (χ1n) is 8.67. The lowest BCUT2D eigenvalue weighted by Crippen LogP contribution is -2.19. The summed E-state index contributed by atoms with van der Waals surface area (Å²) in [6, 6.07) is 8.48. The normalized spacial score (nSPS) is 11.8. The van der Waals surface area contributed by atoms with Crippen LogP contribution in [-0.2, 0) is 14.6 Å². The molecule has 0 heterocycles. The predicted octanol–water partition coefficient (Wildman–Crippen LogP) is 5.02. The van der Waals surface area contributed by atoms with E-state index in [0.29, 0.717) is 12.1 Å². The van der Waals surface area contributed by atoms with Gasteiger partial charge in [0.25, 0.3) is 5.91 Å². The smallest absolute Gasteiger partial charge is 0.255 e. The molecule has 2 amide bonds. The number of benzene rings is 2. The molecule has 0 aromatic heterocycles. The highest BCUT2D eigenvalue weighted by Gasteiger charge is 2.18. The van der Waals surface area contributed by atoms with Gasteiger partial charge in [-0.1, -0.05) is 44.0 Å². The van der Waals surface area contributed by atoms with Crippen LogP contribution in [0.15, 0.2) is 41.3 Å². The van der Waals surface area contributed by atoms with E-state index in [1.54, 1.807) is 0 Å². The maximum Gasteiger partial charge on any atom is 0.255 e. The van der Waals surface area contributed by atoms with Crippen LogP contribution in [0.5, 0.6) is 0 Å². The van der Waals surface area contributed by atoms with E-state index in [4.69, 9.17) is 23.2 Å². The van der Waals surface area contributed by atoms with Crippen molar-refractivity contribution >= 4 is 56.2 Å². The topological polar surface area (TPSA) is 92.3 Å². The van der Waals surface area contributed by atoms with Crippen molar-refractivity contribution in [2.45, 2.75) is 32.1 Å². The molecule has 9 heteroatoms. The Morgan fingerprint density at radius 3 is 1.93 bits per heavy atom. The molecule has 0 saturated heterocycles. The fraction of sp³-hybridized carbons (Fsp3) is 0.300. The molecular weight excluding hydrogens is 435 g/mol. The van der Waals surface area contributed by atoms with Crippen molar-refractivity contribution < 1.29 is 18.0 Å². The predicted molar refractivity (Wildman–Crippen MR) is 117 cm³/mol. The Kier molecular flexibility index (Phi) is 6.98. The second-order valence-corrected chi connectivity index (χ2v) is 10.7. The van der Waals surface area contributed by atoms with Gasteiger partial charge in [0.1, 0.15) is 0 Å². The van der Waals surface area contributed by atoms with Gasteiger partial charge < -0.3 is 10.6 Å². The lowest BCUT2D eigenvalue weighted by atomic mass is 9.92. The van der Waals surface area contributed by atoms with E-state index in [0.717, 1.165) is 6.26 Å². The summed E-state index contributed by atoms with van der Waals surface area (Å²) >= 11 is 12.5. The van der Waals surface area contributed by atoms with Crippen molar-refractivity contribution in [3.05, 3.63) is 52.0 Å². The Morgan fingerprint density at radius 2 is 1.48 bits per heavy atom. The summed E-state index contributed by atoms with van der Waals surface area (Å²) in [4.78, 5) is 24.6. The second-order valence-electron chi connectivity index (χ2n) is 7.85. The lowest BCUT2D eigenvalue weighted by molar-refractivity contribution is -0.117. The summed E-state index contributed by atoms with van der Waals surface area (Å²) in [7, 11) is -3.35. The van der Waals surface area contributed by atoms with Gasteiger partial charge in [0, 0.05) is 23.9 Å². The first kappa shape index (κ1) is 23.2. The molecule has 0 radical (unpaired) electrons. The van der Waals surface area contributed by atoms with Crippen molar-refractivity contribution in [3.63, 3.8) is 0 Å². The number of rotatable bonds is 5. The Labute approximate surface area is 180 Å². The quantitative estimate of drug-likeness (QED) is 0.659. The van der Waals surface area contributed by atoms with Crippen LogP contribution in [0.4, 0.5) is 11.4 Å². The number of nitrogens with one attached hydrogen (secondary N) is 2. The molecule has 0 aliphatic carbocycles. The van der Waals surface area contributed by atoms with Gasteiger partial charge >= 0.3 is 0 Å². The highest BCUT2D eigenvalue weighted by molar-refractivity contribution is 7.90. The fourth-order valence-corrected chi connectivity index (χ4v) is 3.70. The van der Waals surface area contributed by atoms with Gasteiger partial charge in [-0.15, -0.1) is 0 Å². The number of halogens is 2. The Balaban J connectivity index is 2.17. The molecule has 2 aromatic rings. The van der Waals surface area contributed by atoms with Crippen molar-refractivity contribution in [2.75, 3.05) is 16.9 Å². The molecule has 156 valence electrons. The molecule has 0 aliphatic rings. The summed E-state index contributed by atoms with van der Waals surface area (Å²) in [6.45, 7) is 5.86. The van der Waals surface area contributed by atoms with Gasteiger partial charge in [-0.05, 0) is 41.8 Å². The standard InChI is InChI=1S/C20H22Cl2N2O4S/c1-20(2,3)11-17(25)23-13-9-15(21)18(16(22)10-13)24-19(26)12-5-7-14(8-6-12)29(4,27)28/h5-10H,11H2,1-4H3,(H,23,25)(H,24,26). The van der Waals surface area contributed by atoms with Crippen LogP contribution in [0.2, 0.25) is 10.0 Å². The SMILES string of the molecule is CC(C)(C)CC(=O)Nc1cc(Cl)c(NC(=O)c2ccc(S(C)(=O)=O)cc2)c(Cl)c1. The molecular formula is C20H22Cl2N2O4S. The van der Waals surface area contributed by atoms with Crippen LogP contribution in [0.25, 0.3) is 0 Å². The first-order valence-corrected chi connectivity index (χ1v) is 11.3. The van der Waals surface area contributed by atoms with Gasteiger partial charge in [-0.2, -0.15) is 0 Å². The molecule has 29 heavy (non-hydrogen) atoms. The van der Waals surface area contributed by atoms with E-state index in [2.05, 4.69) is 10.6 Å². The average Bonchev–Trinajstić information content (AvgIpc) is 2.55. The Hall–Kier alpha value is -2.09. The summed E-state index contributed by atoms with van der Waals surface area (Å²) in [6.07, 6.45) is 1.41. The second kappa shape index (κ2) is 8.73. The summed E-state index contributed by atoms with van der Waals surface area (Å²) in [5.74, 6) is -0.675. The highest BCUT2D eigenvalue weighted by Crippen LogP contribution is 2.34. The molecule has 0 spiro atoms. The number of anilines is 2. The van der Waals surface area contributed by atoms with E-state index < -0.39 is 15.7 Å². The van der Waals surface area contributed by atoms with Crippen molar-refractivity contribution in [1.29, 1.82) is 0 Å². The van der Waals surface area contributed by atoms with Gasteiger partial charge in [-0.3, -0.25) is 9.59 Å². The monoisotopic (exact) mass is 456 g/mol. The molecule has 2 rings (SSSR count). The molecule has 0 atom stereocenters. The van der Waals surface area contributed by atoms with Crippen molar-refractivity contribution in [3.8, 4) is 0 Å². The van der Waals surface area contributed by atoms with Gasteiger partial charge in [-0.25, -0.2) is 8.42 Å². The third-order valence-corrected chi connectivity index (χ3v) is 5.52. The zero-order valence-electron chi connectivity index (χ0n) is 16.5. The zero-order valence-corrected chi connectivity index (χ0v) is 18.8. The average molecular weight is 457 g/mol. The third kappa shape index (κ3) is 6.73. The number of hydrogen-bond acceptors (Lipinski definition) is 4. The van der Waals surface area contributed by atoms with Gasteiger partial charge in [0.05, 0.1) is 20.6 Å². The van der Waals surface area contributed by atoms with Crippen molar-refractivity contribution in [2.24, 2.45) is 5.41 Å². The number of carbonyl (C=O) groups is 2. The van der Waals surface area contributed by atoms with Crippen LogP contribution < -0.4 is 10.6 Å². The summed E-state index contributed by atoms with van der Waals surface area (Å²) < 4.78 is 23.0. The third-order valence-electron chi connectivity index (χ3n) is 3.80. The van der Waals surface area contributed by atoms with E-state index >= 15 is 0 Å². The van der Waals surface area contributed by atoms with Gasteiger partial charge in [0.2, 0.25) is 5.91 Å². The van der Waals surface area contributed by atoms with E-state index in [9.17, 15) is 18.0 Å². The molecule has 2 N–H and O–H groups in total. The molecule has 0 unspecified atom stereocenters. The Bertz CT molecular complexity index is 1020. The van der Waals surface area contributed by atoms with Crippen LogP contribution in [0, 0.1) is 5.41 Å². The van der Waals surface area contributed by atoms with E-state index in [1.807, 2.05) is 20.8 Å². The minimum Gasteiger partial charge on any atom is -0.326 e. The summed E-state index contributed by atoms with van der Waals surface area (Å²) in [5, 5.41) is 5.66. The van der Waals surface area contributed by atoms with Crippen LogP contribution in [0.1, 0.15) is 37.6 Å². The Morgan fingerprint density at radius 1 is 0.966 bits per heavy atom. The maximum absolute atomic E-state index is 12.5. The van der Waals surface area contributed by atoms with E-state index in [-0.39, 0.29) is 37.5 Å². The number of hydrogen-bond donors (Lipinski definition) is 2. The number of carbonyl (C=O) groups excluding carboxylic acids is 2. The molecule has 0 fully saturated rings. The van der Waals surface area contributed by atoms with Crippen molar-refractivity contribution in [1.82, 2.24) is 0 Å². The number of sulfone groups is 1. The number of amides is 2. The zero-order chi connectivity index (χ0) is 22.0. The van der Waals surface area contributed by atoms with Crippen LogP contribution in [0.3, 0.4) is 0 Å². The minimum absolute atomic E-state index is 0.112. The minimum atomic E-state index is -3.35. The molecule has 0 aliphatic heterocycles. The van der Waals surface area contributed by atoms with Gasteiger partial charge in [0.15, 0.2) is 9.84 Å². The van der Waals surface area contributed by atoms with E-state index in [1.165, 1.54) is 36.4 Å². The van der Waals surface area contributed by atoms with Crippen LogP contribution >= 0.6 is 23.2 Å². The first-order chi connectivity index (χ1) is 13.3. The largest absolute Gasteiger partial charge is 0.326 e. The molecule has 6 nitrogen and oxygen atoms in total. The fourth-order valence-electron chi connectivity index (χ4n) is 2.49. The lowest BCUT2D eigenvalue weighted by Gasteiger charge is -2.18. The molecule has 2 aromatic carbocycles. The summed E-state index contributed by atoms with van der Waals surface area (Å²) in [5.41, 5.74) is 0.689. The molecule has 0 saturated carbocycles. The molecule has 0 bridgehead atoms. The van der Waals surface area contributed by atoms with Crippen LogP contribution in [-0.4, -0.2) is 26.5 Å².